The van der Waals surface area contributed by atoms with Crippen molar-refractivity contribution in [2.75, 3.05) is 0 Å². The third-order valence-electron chi connectivity index (χ3n) is 4.38. The van der Waals surface area contributed by atoms with E-state index in [1.54, 1.807) is 18.2 Å². The van der Waals surface area contributed by atoms with Crippen LogP contribution in [-0.2, 0) is 14.4 Å². The Labute approximate surface area is 192 Å². The molecule has 0 heterocycles. The maximum atomic E-state index is 11.6. The quantitative estimate of drug-likeness (QED) is 0.159. The van der Waals surface area contributed by atoms with Crippen molar-refractivity contribution in [2.45, 2.75) is 70.8 Å². The van der Waals surface area contributed by atoms with Crippen LogP contribution < -0.4 is 11.1 Å². The molecule has 6 nitrogen and oxygen atoms in total. The zero-order valence-corrected chi connectivity index (χ0v) is 19.1. The Morgan fingerprint density at radius 3 is 1.81 bits per heavy atom. The molecule has 176 valence electrons. The van der Waals surface area contributed by atoms with Gasteiger partial charge in [-0.1, -0.05) is 112 Å². The van der Waals surface area contributed by atoms with E-state index in [1.807, 2.05) is 30.4 Å². The lowest BCUT2D eigenvalue weighted by molar-refractivity contribution is -0.142. The van der Waals surface area contributed by atoms with Crippen LogP contribution in [0.4, 0.5) is 0 Å². The molecule has 0 aliphatic heterocycles. The van der Waals surface area contributed by atoms with E-state index < -0.39 is 30.2 Å². The third kappa shape index (κ3) is 20.1. The number of nitrogens with one attached hydrogen (secondary N) is 1. The second-order valence-electron chi connectivity index (χ2n) is 7.31. The summed E-state index contributed by atoms with van der Waals surface area (Å²) in [6.45, 7) is 2.24. The average molecular weight is 443 g/mol. The zero-order valence-electron chi connectivity index (χ0n) is 19.1. The van der Waals surface area contributed by atoms with E-state index in [0.717, 1.165) is 6.42 Å². The third-order valence-corrected chi connectivity index (χ3v) is 4.38. The minimum atomic E-state index is -1.33. The first kappa shape index (κ1) is 28.9. The summed E-state index contributed by atoms with van der Waals surface area (Å²) >= 11 is 0. The molecule has 0 aliphatic carbocycles. The number of amides is 2. The van der Waals surface area contributed by atoms with Gasteiger partial charge in [0.15, 0.2) is 0 Å². The fraction of sp³-hybridized carbons (Fsp3) is 0.423. The van der Waals surface area contributed by atoms with E-state index >= 15 is 0 Å². The Balaban J connectivity index is 3.96. The molecule has 0 fully saturated rings. The summed E-state index contributed by atoms with van der Waals surface area (Å²) in [4.78, 5) is 33.4. The van der Waals surface area contributed by atoms with Gasteiger partial charge in [0.25, 0.3) is 0 Å². The fourth-order valence-corrected chi connectivity index (χ4v) is 2.67. The van der Waals surface area contributed by atoms with Gasteiger partial charge in [0.05, 0.1) is 6.42 Å². The first-order valence-corrected chi connectivity index (χ1v) is 11.3. The van der Waals surface area contributed by atoms with Crippen LogP contribution in [-0.4, -0.2) is 28.9 Å². The Morgan fingerprint density at radius 1 is 0.781 bits per heavy atom. The van der Waals surface area contributed by atoms with Crippen molar-refractivity contribution in [3.8, 4) is 0 Å². The van der Waals surface area contributed by atoms with E-state index in [0.29, 0.717) is 0 Å². The van der Waals surface area contributed by atoms with Crippen LogP contribution >= 0.6 is 0 Å². The molecule has 0 spiro atoms. The van der Waals surface area contributed by atoms with Gasteiger partial charge in [-0.25, -0.2) is 4.79 Å². The lowest BCUT2D eigenvalue weighted by Crippen LogP contribution is -2.42. The summed E-state index contributed by atoms with van der Waals surface area (Å²) in [5.41, 5.74) is 4.96. The van der Waals surface area contributed by atoms with Crippen LogP contribution in [0.25, 0.3) is 0 Å². The van der Waals surface area contributed by atoms with E-state index in [4.69, 9.17) is 10.8 Å². The van der Waals surface area contributed by atoms with Crippen LogP contribution in [0.2, 0.25) is 0 Å². The van der Waals surface area contributed by atoms with Gasteiger partial charge in [-0.3, -0.25) is 9.59 Å². The van der Waals surface area contributed by atoms with E-state index in [2.05, 4.69) is 24.4 Å². The number of rotatable bonds is 18. The standard InChI is InChI=1S/C26H38N2O4/c1-2-3-4-5-6-7-8-9-10-11-12-13-14-15-16-17-18-19-20-21-25(30)28-23(26(31)32)22-24(27)29/h10-21,23H,2-9,22H2,1H3,(H2,27,29)(H,28,30)(H,31,32)/t23-/m0/s1. The van der Waals surface area contributed by atoms with E-state index in [9.17, 15) is 14.4 Å². The Bertz CT molecular complexity index is 715. The number of nitrogens with two attached hydrogens (primary N) is 1. The smallest absolute Gasteiger partial charge is 0.326 e. The Morgan fingerprint density at radius 2 is 1.28 bits per heavy atom. The monoisotopic (exact) mass is 442 g/mol. The molecule has 0 bridgehead atoms. The Kier molecular flexibility index (Phi) is 19.0. The second-order valence-corrected chi connectivity index (χ2v) is 7.31. The normalized spacial score (nSPS) is 13.4. The number of carbonyl (C=O) groups is 3. The van der Waals surface area contributed by atoms with Gasteiger partial charge in [0.2, 0.25) is 11.8 Å². The predicted molar refractivity (Wildman–Crippen MR) is 131 cm³/mol. The highest BCUT2D eigenvalue weighted by Crippen LogP contribution is 2.08. The molecule has 0 aliphatic rings. The summed E-state index contributed by atoms with van der Waals surface area (Å²) in [6.07, 6.45) is 31.7. The average Bonchev–Trinajstić information content (AvgIpc) is 2.74. The topological polar surface area (TPSA) is 109 Å². The molecule has 0 unspecified atom stereocenters. The molecule has 0 radical (unpaired) electrons. The molecule has 2 amide bonds. The maximum Gasteiger partial charge on any atom is 0.326 e. The van der Waals surface area contributed by atoms with Gasteiger partial charge < -0.3 is 16.2 Å². The molecule has 0 saturated heterocycles. The predicted octanol–water partition coefficient (Wildman–Crippen LogP) is 4.91. The maximum absolute atomic E-state index is 11.6. The lowest BCUT2D eigenvalue weighted by Gasteiger charge is -2.10. The number of unbranched alkanes of at least 4 members (excludes halogenated alkanes) is 7. The molecule has 0 aromatic rings. The molecule has 4 N–H and O–H groups in total. The second kappa shape index (κ2) is 21.1. The van der Waals surface area contributed by atoms with Crippen molar-refractivity contribution >= 4 is 17.8 Å². The molecule has 1 atom stereocenters. The summed E-state index contributed by atoms with van der Waals surface area (Å²) in [6, 6.07) is -1.33. The van der Waals surface area contributed by atoms with Crippen molar-refractivity contribution in [2.24, 2.45) is 5.73 Å². The van der Waals surface area contributed by atoms with Crippen molar-refractivity contribution in [1.82, 2.24) is 5.32 Å². The molecular weight excluding hydrogens is 404 g/mol. The number of aliphatic carboxylic acids is 1. The van der Waals surface area contributed by atoms with Crippen molar-refractivity contribution in [3.63, 3.8) is 0 Å². The number of carbonyl (C=O) groups excluding carboxylic acids is 2. The summed E-state index contributed by atoms with van der Waals surface area (Å²) in [5.74, 6) is -2.72. The van der Waals surface area contributed by atoms with Gasteiger partial charge >= 0.3 is 5.97 Å². The zero-order chi connectivity index (χ0) is 23.9. The molecule has 32 heavy (non-hydrogen) atoms. The van der Waals surface area contributed by atoms with Crippen LogP contribution in [0.1, 0.15) is 64.7 Å². The van der Waals surface area contributed by atoms with Gasteiger partial charge in [0, 0.05) is 6.08 Å². The van der Waals surface area contributed by atoms with Gasteiger partial charge in [0.1, 0.15) is 6.04 Å². The first-order chi connectivity index (χ1) is 15.5. The minimum Gasteiger partial charge on any atom is -0.480 e. The first-order valence-electron chi connectivity index (χ1n) is 11.3. The summed E-state index contributed by atoms with van der Waals surface area (Å²) < 4.78 is 0. The number of carboxylic acid groups (broad SMARTS) is 1. The fourth-order valence-electron chi connectivity index (χ4n) is 2.67. The largest absolute Gasteiger partial charge is 0.480 e. The van der Waals surface area contributed by atoms with Crippen LogP contribution in [0, 0.1) is 0 Å². The molecule has 0 saturated carbocycles. The SMILES string of the molecule is CCCCCCCCCC=CC=CC=CC=CC=CC=CC(=O)N[C@@H](CC(N)=O)C(=O)O. The van der Waals surface area contributed by atoms with Gasteiger partial charge in [-0.2, -0.15) is 0 Å². The molecule has 6 heteroatoms. The molecule has 0 aromatic carbocycles. The highest BCUT2D eigenvalue weighted by atomic mass is 16.4. The van der Waals surface area contributed by atoms with Gasteiger partial charge in [-0.05, 0) is 12.8 Å². The van der Waals surface area contributed by atoms with E-state index in [1.165, 1.54) is 57.1 Å². The number of hydrogen-bond donors (Lipinski definition) is 3. The molecule has 0 aromatic heterocycles. The van der Waals surface area contributed by atoms with Crippen molar-refractivity contribution in [1.29, 1.82) is 0 Å². The summed E-state index contributed by atoms with van der Waals surface area (Å²) in [5, 5.41) is 11.1. The number of carboxylic acids is 1. The lowest BCUT2D eigenvalue weighted by atomic mass is 10.1. The Hall–Kier alpha value is -3.15. The highest BCUT2D eigenvalue weighted by molar-refractivity contribution is 5.93. The molecular formula is C26H38N2O4. The number of hydrogen-bond acceptors (Lipinski definition) is 3. The van der Waals surface area contributed by atoms with Crippen molar-refractivity contribution in [3.05, 3.63) is 72.9 Å². The number of allylic oxidation sites excluding steroid dienone is 11. The van der Waals surface area contributed by atoms with Gasteiger partial charge in [-0.15, -0.1) is 0 Å². The number of primary amides is 1. The van der Waals surface area contributed by atoms with Crippen LogP contribution in [0.5, 0.6) is 0 Å². The molecule has 0 rings (SSSR count). The summed E-state index contributed by atoms with van der Waals surface area (Å²) in [7, 11) is 0. The minimum absolute atomic E-state index is 0.455. The van der Waals surface area contributed by atoms with Crippen molar-refractivity contribution < 1.29 is 19.5 Å². The highest BCUT2D eigenvalue weighted by Gasteiger charge is 2.20. The van der Waals surface area contributed by atoms with Crippen LogP contribution in [0.15, 0.2) is 72.9 Å². The van der Waals surface area contributed by atoms with E-state index in [-0.39, 0.29) is 0 Å². The van der Waals surface area contributed by atoms with Crippen LogP contribution in [0.3, 0.4) is 0 Å².